The molecular formula is C23H27N3O2S. The van der Waals surface area contributed by atoms with Gasteiger partial charge in [-0.1, -0.05) is 35.9 Å². The van der Waals surface area contributed by atoms with Crippen LogP contribution in [0.5, 0.6) is 0 Å². The number of benzene rings is 1. The standard InChI is InChI=1S/C23H27N3O2S/c1-15-8-10-18(11-9-15)20-7-5-13-28-22(25-20)19-6-4-12-26(14-19)23(27)21-16(2)24-17(3)29-21/h7-11,19H,4-6,12-14H2,1-3H3/t19-/m0/s1. The molecule has 5 nitrogen and oxygen atoms in total. The van der Waals surface area contributed by atoms with Crippen molar-refractivity contribution in [2.75, 3.05) is 19.7 Å². The summed E-state index contributed by atoms with van der Waals surface area (Å²) in [7, 11) is 0. The average Bonchev–Trinajstić information content (AvgIpc) is 2.92. The van der Waals surface area contributed by atoms with Crippen LogP contribution in [0.1, 0.15) is 50.8 Å². The SMILES string of the molecule is Cc1ccc(C2=CCCOC([C@H]3CCCN(C(=O)c4sc(C)nc4C)C3)=N2)cc1. The Morgan fingerprint density at radius 1 is 1.21 bits per heavy atom. The number of aliphatic imine (C=N–C) groups is 1. The van der Waals surface area contributed by atoms with Gasteiger partial charge in [-0.2, -0.15) is 0 Å². The van der Waals surface area contributed by atoms with Crippen LogP contribution in [0.15, 0.2) is 35.3 Å². The number of carbonyl (C=O) groups is 1. The number of aryl methyl sites for hydroxylation is 3. The van der Waals surface area contributed by atoms with E-state index >= 15 is 0 Å². The predicted molar refractivity (Wildman–Crippen MR) is 117 cm³/mol. The van der Waals surface area contributed by atoms with E-state index in [2.05, 4.69) is 42.2 Å². The molecule has 0 saturated carbocycles. The molecule has 1 aromatic carbocycles. The lowest BCUT2D eigenvalue weighted by Crippen LogP contribution is -2.42. The van der Waals surface area contributed by atoms with Gasteiger partial charge in [0.25, 0.3) is 5.91 Å². The molecule has 3 heterocycles. The number of hydrogen-bond donors (Lipinski definition) is 0. The second kappa shape index (κ2) is 8.49. The van der Waals surface area contributed by atoms with Gasteiger partial charge >= 0.3 is 0 Å². The van der Waals surface area contributed by atoms with Crippen molar-refractivity contribution < 1.29 is 9.53 Å². The number of carbonyl (C=O) groups excluding carboxylic acids is 1. The summed E-state index contributed by atoms with van der Waals surface area (Å²) in [5, 5.41) is 0.934. The monoisotopic (exact) mass is 409 g/mol. The van der Waals surface area contributed by atoms with Crippen molar-refractivity contribution in [1.29, 1.82) is 0 Å². The molecule has 1 amide bonds. The molecule has 0 aliphatic carbocycles. The molecule has 0 radical (unpaired) electrons. The van der Waals surface area contributed by atoms with Gasteiger partial charge < -0.3 is 9.64 Å². The molecule has 0 N–H and O–H groups in total. The fourth-order valence-corrected chi connectivity index (χ4v) is 4.80. The first-order valence-electron chi connectivity index (χ1n) is 10.2. The highest BCUT2D eigenvalue weighted by Crippen LogP contribution is 2.27. The summed E-state index contributed by atoms with van der Waals surface area (Å²) in [5.74, 6) is 0.985. The second-order valence-electron chi connectivity index (χ2n) is 7.78. The maximum Gasteiger partial charge on any atom is 0.265 e. The summed E-state index contributed by atoms with van der Waals surface area (Å²) in [5.41, 5.74) is 4.14. The van der Waals surface area contributed by atoms with Crippen molar-refractivity contribution in [2.45, 2.75) is 40.0 Å². The van der Waals surface area contributed by atoms with Gasteiger partial charge in [-0.05, 0) is 39.2 Å². The van der Waals surface area contributed by atoms with E-state index in [1.54, 1.807) is 0 Å². The van der Waals surface area contributed by atoms with E-state index in [1.165, 1.54) is 16.9 Å². The van der Waals surface area contributed by atoms with Gasteiger partial charge in [-0.25, -0.2) is 9.98 Å². The van der Waals surface area contributed by atoms with Crippen molar-refractivity contribution in [3.63, 3.8) is 0 Å². The van der Waals surface area contributed by atoms with E-state index in [-0.39, 0.29) is 11.8 Å². The summed E-state index contributed by atoms with van der Waals surface area (Å²) >= 11 is 1.48. The van der Waals surface area contributed by atoms with Gasteiger partial charge in [-0.15, -0.1) is 11.3 Å². The number of rotatable bonds is 3. The van der Waals surface area contributed by atoms with Crippen molar-refractivity contribution in [2.24, 2.45) is 10.9 Å². The Hall–Kier alpha value is -2.47. The number of nitrogens with zero attached hydrogens (tertiary/aromatic N) is 3. The van der Waals surface area contributed by atoms with Crippen molar-refractivity contribution in [3.05, 3.63) is 57.0 Å². The first-order chi connectivity index (χ1) is 14.0. The zero-order valence-corrected chi connectivity index (χ0v) is 18.1. The third kappa shape index (κ3) is 4.42. The number of ether oxygens (including phenoxy) is 1. The molecule has 4 rings (SSSR count). The highest BCUT2D eigenvalue weighted by Gasteiger charge is 2.31. The number of amides is 1. The van der Waals surface area contributed by atoms with Crippen LogP contribution in [0.25, 0.3) is 5.70 Å². The maximum atomic E-state index is 13.1. The Morgan fingerprint density at radius 3 is 2.72 bits per heavy atom. The topological polar surface area (TPSA) is 54.8 Å². The summed E-state index contributed by atoms with van der Waals surface area (Å²) in [6.07, 6.45) is 4.93. The molecule has 1 saturated heterocycles. The van der Waals surface area contributed by atoms with Crippen LogP contribution >= 0.6 is 11.3 Å². The molecule has 0 bridgehead atoms. The Morgan fingerprint density at radius 2 is 2.00 bits per heavy atom. The highest BCUT2D eigenvalue weighted by atomic mass is 32.1. The van der Waals surface area contributed by atoms with Gasteiger partial charge in [0.05, 0.1) is 28.9 Å². The van der Waals surface area contributed by atoms with E-state index in [4.69, 9.17) is 9.73 Å². The third-order valence-electron chi connectivity index (χ3n) is 5.44. The van der Waals surface area contributed by atoms with Crippen LogP contribution in [0.2, 0.25) is 0 Å². The molecule has 0 unspecified atom stereocenters. The van der Waals surface area contributed by atoms with E-state index in [0.717, 1.165) is 58.5 Å². The smallest absolute Gasteiger partial charge is 0.265 e. The minimum atomic E-state index is 0.0846. The average molecular weight is 410 g/mol. The molecule has 29 heavy (non-hydrogen) atoms. The lowest BCUT2D eigenvalue weighted by molar-refractivity contribution is 0.0696. The Balaban J connectivity index is 1.54. The van der Waals surface area contributed by atoms with Crippen molar-refractivity contribution in [1.82, 2.24) is 9.88 Å². The van der Waals surface area contributed by atoms with E-state index in [0.29, 0.717) is 13.2 Å². The molecule has 0 spiro atoms. The number of likely N-dealkylation sites (tertiary alicyclic amines) is 1. The first-order valence-corrected chi connectivity index (χ1v) is 11.0. The molecule has 2 aliphatic rings. The lowest BCUT2D eigenvalue weighted by Gasteiger charge is -2.32. The summed E-state index contributed by atoms with van der Waals surface area (Å²) in [4.78, 5) is 25.1. The van der Waals surface area contributed by atoms with Crippen molar-refractivity contribution >= 4 is 28.8 Å². The number of hydrogen-bond acceptors (Lipinski definition) is 5. The van der Waals surface area contributed by atoms with E-state index in [9.17, 15) is 4.79 Å². The Bertz CT molecular complexity index is 959. The molecule has 1 aromatic heterocycles. The van der Waals surface area contributed by atoms with Crippen LogP contribution in [0.3, 0.4) is 0 Å². The van der Waals surface area contributed by atoms with Crippen LogP contribution in [0, 0.1) is 26.7 Å². The van der Waals surface area contributed by atoms with Gasteiger partial charge in [0, 0.05) is 19.5 Å². The third-order valence-corrected chi connectivity index (χ3v) is 6.50. The summed E-state index contributed by atoms with van der Waals surface area (Å²) < 4.78 is 6.03. The number of piperidine rings is 1. The Kier molecular flexibility index (Phi) is 5.81. The fraction of sp³-hybridized carbons (Fsp3) is 0.435. The second-order valence-corrected chi connectivity index (χ2v) is 8.98. The maximum absolute atomic E-state index is 13.1. The van der Waals surface area contributed by atoms with Crippen LogP contribution in [-0.4, -0.2) is 41.4 Å². The highest BCUT2D eigenvalue weighted by molar-refractivity contribution is 7.13. The number of thiazole rings is 1. The molecule has 1 fully saturated rings. The van der Waals surface area contributed by atoms with Gasteiger partial charge in [0.15, 0.2) is 5.90 Å². The quantitative estimate of drug-likeness (QED) is 0.733. The normalized spacial score (nSPS) is 19.8. The largest absolute Gasteiger partial charge is 0.480 e. The fourth-order valence-electron chi connectivity index (χ4n) is 3.91. The predicted octanol–water partition coefficient (Wildman–Crippen LogP) is 4.78. The molecule has 1 atom stereocenters. The summed E-state index contributed by atoms with van der Waals surface area (Å²) in [6, 6.07) is 8.44. The molecule has 152 valence electrons. The minimum Gasteiger partial charge on any atom is -0.480 e. The molecule has 2 aromatic rings. The molecular weight excluding hydrogens is 382 g/mol. The summed E-state index contributed by atoms with van der Waals surface area (Å²) in [6.45, 7) is 8.00. The lowest BCUT2D eigenvalue weighted by atomic mass is 9.97. The number of aromatic nitrogens is 1. The molecule has 6 heteroatoms. The van der Waals surface area contributed by atoms with E-state index < -0.39 is 0 Å². The van der Waals surface area contributed by atoms with Crippen LogP contribution < -0.4 is 0 Å². The van der Waals surface area contributed by atoms with E-state index in [1.807, 2.05) is 18.7 Å². The van der Waals surface area contributed by atoms with Crippen LogP contribution in [-0.2, 0) is 4.74 Å². The minimum absolute atomic E-state index is 0.0846. The zero-order valence-electron chi connectivity index (χ0n) is 17.3. The van der Waals surface area contributed by atoms with Gasteiger partial charge in [-0.3, -0.25) is 4.79 Å². The molecule has 2 aliphatic heterocycles. The zero-order chi connectivity index (χ0) is 20.4. The van der Waals surface area contributed by atoms with Gasteiger partial charge in [0.1, 0.15) is 4.88 Å². The van der Waals surface area contributed by atoms with Gasteiger partial charge in [0.2, 0.25) is 0 Å². The van der Waals surface area contributed by atoms with Crippen LogP contribution in [0.4, 0.5) is 0 Å². The van der Waals surface area contributed by atoms with Crippen molar-refractivity contribution in [3.8, 4) is 0 Å². The Labute approximate surface area is 176 Å². The first kappa shape index (κ1) is 19.8.